The Morgan fingerprint density at radius 2 is 2.00 bits per heavy atom. The van der Waals surface area contributed by atoms with E-state index in [-0.39, 0.29) is 5.56 Å². The summed E-state index contributed by atoms with van der Waals surface area (Å²) in [5.41, 5.74) is -0.951. The SMILES string of the molecule is CCC(C#N)(CC)NC(=O)c1ccccc1F. The van der Waals surface area contributed by atoms with E-state index in [4.69, 9.17) is 5.26 Å². The number of amides is 1. The number of hydrogen-bond donors (Lipinski definition) is 1. The zero-order chi connectivity index (χ0) is 12.9. The van der Waals surface area contributed by atoms with Gasteiger partial charge in [0.15, 0.2) is 0 Å². The number of hydrogen-bond acceptors (Lipinski definition) is 2. The molecule has 1 aromatic carbocycles. The molecule has 0 spiro atoms. The normalized spacial score (nSPS) is 10.7. The van der Waals surface area contributed by atoms with Gasteiger partial charge in [0.25, 0.3) is 5.91 Å². The Balaban J connectivity index is 2.94. The second-order valence-corrected chi connectivity index (χ2v) is 3.83. The molecular formula is C13H15FN2O. The summed E-state index contributed by atoms with van der Waals surface area (Å²) >= 11 is 0. The Morgan fingerprint density at radius 3 is 2.47 bits per heavy atom. The van der Waals surface area contributed by atoms with Gasteiger partial charge in [-0.25, -0.2) is 4.39 Å². The van der Waals surface area contributed by atoms with Gasteiger partial charge in [0, 0.05) is 0 Å². The molecule has 1 aromatic rings. The van der Waals surface area contributed by atoms with Crippen LogP contribution in [0.5, 0.6) is 0 Å². The smallest absolute Gasteiger partial charge is 0.255 e. The van der Waals surface area contributed by atoms with Crippen molar-refractivity contribution in [2.45, 2.75) is 32.2 Å². The van der Waals surface area contributed by atoms with Crippen molar-refractivity contribution in [1.29, 1.82) is 5.26 Å². The number of nitriles is 1. The quantitative estimate of drug-likeness (QED) is 0.870. The molecule has 0 saturated heterocycles. The molecule has 0 radical (unpaired) electrons. The van der Waals surface area contributed by atoms with Crippen LogP contribution in [0.15, 0.2) is 24.3 Å². The lowest BCUT2D eigenvalue weighted by Crippen LogP contribution is -2.46. The van der Waals surface area contributed by atoms with Gasteiger partial charge in [-0.2, -0.15) is 5.26 Å². The number of carbonyl (C=O) groups excluding carboxylic acids is 1. The van der Waals surface area contributed by atoms with Gasteiger partial charge in [0.05, 0.1) is 11.6 Å². The van der Waals surface area contributed by atoms with Crippen LogP contribution < -0.4 is 5.32 Å². The fourth-order valence-corrected chi connectivity index (χ4v) is 1.54. The third kappa shape index (κ3) is 2.82. The van der Waals surface area contributed by atoms with Gasteiger partial charge >= 0.3 is 0 Å². The standard InChI is InChI=1S/C13H15FN2O/c1-3-13(4-2,9-15)16-12(17)10-7-5-6-8-11(10)14/h5-8H,3-4H2,1-2H3,(H,16,17). The molecule has 0 bridgehead atoms. The van der Waals surface area contributed by atoms with Gasteiger partial charge in [0.1, 0.15) is 11.4 Å². The van der Waals surface area contributed by atoms with Crippen LogP contribution in [0.1, 0.15) is 37.0 Å². The monoisotopic (exact) mass is 234 g/mol. The van der Waals surface area contributed by atoms with Crippen molar-refractivity contribution in [3.8, 4) is 6.07 Å². The van der Waals surface area contributed by atoms with E-state index in [1.54, 1.807) is 6.07 Å². The van der Waals surface area contributed by atoms with Crippen LogP contribution >= 0.6 is 0 Å². The molecule has 1 rings (SSSR count). The van der Waals surface area contributed by atoms with E-state index >= 15 is 0 Å². The maximum absolute atomic E-state index is 13.4. The topological polar surface area (TPSA) is 52.9 Å². The highest BCUT2D eigenvalue weighted by Crippen LogP contribution is 2.15. The number of carbonyl (C=O) groups is 1. The molecule has 0 atom stereocenters. The summed E-state index contributed by atoms with van der Waals surface area (Å²) in [5, 5.41) is 11.7. The zero-order valence-electron chi connectivity index (χ0n) is 9.96. The van der Waals surface area contributed by atoms with Crippen molar-refractivity contribution in [2.24, 2.45) is 0 Å². The molecule has 0 fully saturated rings. The highest BCUT2D eigenvalue weighted by atomic mass is 19.1. The molecule has 1 amide bonds. The second kappa shape index (κ2) is 5.44. The summed E-state index contributed by atoms with van der Waals surface area (Å²) in [6, 6.07) is 7.81. The van der Waals surface area contributed by atoms with E-state index < -0.39 is 17.3 Å². The fourth-order valence-electron chi connectivity index (χ4n) is 1.54. The van der Waals surface area contributed by atoms with Crippen LogP contribution in [0.25, 0.3) is 0 Å². The minimum absolute atomic E-state index is 0.0333. The van der Waals surface area contributed by atoms with Gasteiger partial charge in [0.2, 0.25) is 0 Å². The summed E-state index contributed by atoms with van der Waals surface area (Å²) in [5.74, 6) is -1.13. The molecule has 0 aliphatic heterocycles. The predicted molar refractivity (Wildman–Crippen MR) is 62.8 cm³/mol. The van der Waals surface area contributed by atoms with Crippen molar-refractivity contribution in [3.63, 3.8) is 0 Å². The molecule has 1 N–H and O–H groups in total. The van der Waals surface area contributed by atoms with Crippen molar-refractivity contribution >= 4 is 5.91 Å². The van der Waals surface area contributed by atoms with Gasteiger partial charge in [-0.15, -0.1) is 0 Å². The van der Waals surface area contributed by atoms with E-state index in [0.29, 0.717) is 12.8 Å². The summed E-state index contributed by atoms with van der Waals surface area (Å²) in [6.45, 7) is 3.63. The van der Waals surface area contributed by atoms with Crippen LogP contribution in [0.4, 0.5) is 4.39 Å². The largest absolute Gasteiger partial charge is 0.334 e. The molecule has 3 nitrogen and oxygen atoms in total. The Hall–Kier alpha value is -1.89. The van der Waals surface area contributed by atoms with E-state index in [0.717, 1.165) is 0 Å². The molecular weight excluding hydrogens is 219 g/mol. The number of rotatable bonds is 4. The average Bonchev–Trinajstić information content (AvgIpc) is 2.36. The van der Waals surface area contributed by atoms with Crippen LogP contribution in [0, 0.1) is 17.1 Å². The average molecular weight is 234 g/mol. The number of halogens is 1. The van der Waals surface area contributed by atoms with Crippen molar-refractivity contribution < 1.29 is 9.18 Å². The molecule has 90 valence electrons. The maximum Gasteiger partial charge on any atom is 0.255 e. The fraction of sp³-hybridized carbons (Fsp3) is 0.385. The molecule has 0 aromatic heterocycles. The van der Waals surface area contributed by atoms with Crippen molar-refractivity contribution in [3.05, 3.63) is 35.6 Å². The van der Waals surface area contributed by atoms with Gasteiger partial charge in [-0.05, 0) is 25.0 Å². The Morgan fingerprint density at radius 1 is 1.41 bits per heavy atom. The molecule has 0 unspecified atom stereocenters. The zero-order valence-corrected chi connectivity index (χ0v) is 9.96. The van der Waals surface area contributed by atoms with Gasteiger partial charge in [-0.1, -0.05) is 26.0 Å². The highest BCUT2D eigenvalue weighted by molar-refractivity contribution is 5.95. The molecule has 0 heterocycles. The number of benzene rings is 1. The summed E-state index contributed by atoms with van der Waals surface area (Å²) < 4.78 is 13.4. The van der Waals surface area contributed by atoms with E-state index in [2.05, 4.69) is 11.4 Å². The third-order valence-electron chi connectivity index (χ3n) is 2.89. The van der Waals surface area contributed by atoms with Crippen LogP contribution in [0.3, 0.4) is 0 Å². The molecule has 0 aliphatic rings. The molecule has 0 saturated carbocycles. The van der Waals surface area contributed by atoms with Crippen LogP contribution in [-0.4, -0.2) is 11.4 Å². The molecule has 4 heteroatoms. The Labute approximate surface area is 100 Å². The van der Waals surface area contributed by atoms with Crippen LogP contribution in [0.2, 0.25) is 0 Å². The second-order valence-electron chi connectivity index (χ2n) is 3.83. The van der Waals surface area contributed by atoms with E-state index in [1.807, 2.05) is 13.8 Å². The van der Waals surface area contributed by atoms with E-state index in [9.17, 15) is 9.18 Å². The van der Waals surface area contributed by atoms with Gasteiger partial charge < -0.3 is 5.32 Å². The Kier molecular flexibility index (Phi) is 4.22. The third-order valence-corrected chi connectivity index (χ3v) is 2.89. The van der Waals surface area contributed by atoms with Crippen LogP contribution in [-0.2, 0) is 0 Å². The van der Waals surface area contributed by atoms with Crippen molar-refractivity contribution in [2.75, 3.05) is 0 Å². The summed E-state index contributed by atoms with van der Waals surface area (Å²) in [7, 11) is 0. The van der Waals surface area contributed by atoms with Crippen molar-refractivity contribution in [1.82, 2.24) is 5.32 Å². The summed E-state index contributed by atoms with van der Waals surface area (Å²) in [4.78, 5) is 11.9. The first kappa shape index (κ1) is 13.2. The highest BCUT2D eigenvalue weighted by Gasteiger charge is 2.28. The predicted octanol–water partition coefficient (Wildman–Crippen LogP) is 2.64. The lowest BCUT2D eigenvalue weighted by atomic mass is 9.94. The summed E-state index contributed by atoms with van der Waals surface area (Å²) in [6.07, 6.45) is 0.973. The minimum atomic E-state index is -0.917. The maximum atomic E-state index is 13.4. The lowest BCUT2D eigenvalue weighted by Gasteiger charge is -2.24. The van der Waals surface area contributed by atoms with Gasteiger partial charge in [-0.3, -0.25) is 4.79 Å². The number of nitrogens with one attached hydrogen (secondary N) is 1. The first-order valence-corrected chi connectivity index (χ1v) is 5.57. The molecule has 0 aliphatic carbocycles. The first-order valence-electron chi connectivity index (χ1n) is 5.57. The van der Waals surface area contributed by atoms with E-state index in [1.165, 1.54) is 18.2 Å². The molecule has 17 heavy (non-hydrogen) atoms. The number of nitrogens with zero attached hydrogens (tertiary/aromatic N) is 1. The Bertz CT molecular complexity index is 447. The first-order chi connectivity index (χ1) is 8.08. The lowest BCUT2D eigenvalue weighted by molar-refractivity contribution is 0.0911. The minimum Gasteiger partial charge on any atom is -0.334 e.